The molecule has 3 aromatic rings. The van der Waals surface area contributed by atoms with Crippen LogP contribution in [0, 0.1) is 11.8 Å². The normalized spacial score (nSPS) is 14.2. The number of hydrogen-bond donors (Lipinski definition) is 3. The first-order chi connectivity index (χ1) is 19.8. The molecule has 0 saturated carbocycles. The zero-order valence-corrected chi connectivity index (χ0v) is 24.5. The highest BCUT2D eigenvalue weighted by Crippen LogP contribution is 2.34. The molecule has 0 spiro atoms. The molecule has 0 fully saturated rings. The molecule has 1 aliphatic heterocycles. The summed E-state index contributed by atoms with van der Waals surface area (Å²) >= 11 is 5.90. The molecule has 222 valence electrons. The Hall–Kier alpha value is -3.94. The predicted molar refractivity (Wildman–Crippen MR) is 156 cm³/mol. The van der Waals surface area contributed by atoms with Gasteiger partial charge in [-0.3, -0.25) is 0 Å². The number of allylic oxidation sites excluding steroid dienone is 3. The molecule has 9 nitrogen and oxygen atoms in total. The lowest BCUT2D eigenvalue weighted by molar-refractivity contribution is -0.141. The Kier molecular flexibility index (Phi) is 9.24. The van der Waals surface area contributed by atoms with Crippen LogP contribution in [0.2, 0.25) is 0 Å². The second-order valence-corrected chi connectivity index (χ2v) is 12.0. The third-order valence-electron chi connectivity index (χ3n) is 6.53. The number of aryl methyl sites for hydroxylation is 1. The third kappa shape index (κ3) is 7.27. The summed E-state index contributed by atoms with van der Waals surface area (Å²) in [6, 6.07) is 9.81. The molecular weight excluding hydrogens is 593 g/mol. The van der Waals surface area contributed by atoms with Crippen molar-refractivity contribution in [2.45, 2.75) is 31.5 Å². The Bertz CT molecular complexity index is 1710. The Balaban J connectivity index is 1.75. The van der Waals surface area contributed by atoms with E-state index in [9.17, 15) is 26.5 Å². The van der Waals surface area contributed by atoms with Crippen molar-refractivity contribution in [3.63, 3.8) is 0 Å². The summed E-state index contributed by atoms with van der Waals surface area (Å²) in [6.07, 6.45) is 2.79. The second kappa shape index (κ2) is 12.5. The third-order valence-corrected chi connectivity index (χ3v) is 7.96. The zero-order chi connectivity index (χ0) is 30.7. The fourth-order valence-corrected chi connectivity index (χ4v) is 5.49. The molecule has 42 heavy (non-hydrogen) atoms. The summed E-state index contributed by atoms with van der Waals surface area (Å²) in [5.74, 6) is 0.150. The number of imidazole rings is 1. The minimum atomic E-state index is -4.61. The van der Waals surface area contributed by atoms with Crippen LogP contribution in [0.4, 0.5) is 13.2 Å². The highest BCUT2D eigenvalue weighted by molar-refractivity contribution is 7.90. The van der Waals surface area contributed by atoms with Crippen molar-refractivity contribution in [3.8, 4) is 16.8 Å². The topological polar surface area (TPSA) is 117 Å². The number of nitrogens with zero attached hydrogens (tertiary/aromatic N) is 3. The number of aromatic nitrogens is 2. The number of rotatable bonds is 10. The van der Waals surface area contributed by atoms with Crippen molar-refractivity contribution in [1.29, 1.82) is 0 Å². The number of alkyl halides is 3. The lowest BCUT2D eigenvalue weighted by atomic mass is 9.97. The molecule has 1 aliphatic rings. The van der Waals surface area contributed by atoms with Gasteiger partial charge in [-0.1, -0.05) is 41.1 Å². The number of sulfone groups is 1. The Morgan fingerprint density at radius 2 is 1.90 bits per heavy atom. The molecule has 0 amide bonds. The predicted octanol–water partition coefficient (Wildman–Crippen LogP) is 5.60. The molecule has 3 N–H and O–H groups in total. The molecule has 1 aromatic heterocycles. The maximum absolute atomic E-state index is 13.4. The molecule has 0 atom stereocenters. The minimum absolute atomic E-state index is 0.0179. The van der Waals surface area contributed by atoms with E-state index < -0.39 is 21.7 Å². The number of hydrazine groups is 1. The van der Waals surface area contributed by atoms with E-state index in [4.69, 9.17) is 11.6 Å². The molecule has 0 unspecified atom stereocenters. The van der Waals surface area contributed by atoms with Gasteiger partial charge in [0, 0.05) is 30.3 Å². The van der Waals surface area contributed by atoms with Gasteiger partial charge < -0.3 is 15.3 Å². The van der Waals surface area contributed by atoms with Crippen molar-refractivity contribution < 1.29 is 21.6 Å². The molecule has 0 radical (unpaired) electrons. The van der Waals surface area contributed by atoms with E-state index in [0.29, 0.717) is 40.6 Å². The van der Waals surface area contributed by atoms with Crippen LogP contribution in [0.3, 0.4) is 0 Å². The van der Waals surface area contributed by atoms with Crippen molar-refractivity contribution >= 4 is 27.0 Å². The first-order valence-electron chi connectivity index (χ1n) is 12.6. The van der Waals surface area contributed by atoms with Crippen LogP contribution in [-0.4, -0.2) is 37.3 Å². The molecule has 14 heteroatoms. The Morgan fingerprint density at radius 1 is 1.19 bits per heavy atom. The van der Waals surface area contributed by atoms with Gasteiger partial charge in [-0.15, -0.1) is 0 Å². The number of dihydropyridines is 1. The van der Waals surface area contributed by atoms with Crippen molar-refractivity contribution in [2.24, 2.45) is 5.18 Å². The second-order valence-electron chi connectivity index (χ2n) is 9.61. The van der Waals surface area contributed by atoms with Crippen LogP contribution in [0.25, 0.3) is 22.4 Å². The molecule has 2 aromatic carbocycles. The van der Waals surface area contributed by atoms with Gasteiger partial charge in [-0.05, 0) is 66.5 Å². The van der Waals surface area contributed by atoms with E-state index in [1.807, 2.05) is 19.1 Å². The molecule has 0 bridgehead atoms. The van der Waals surface area contributed by atoms with Crippen molar-refractivity contribution in [2.75, 3.05) is 19.3 Å². The van der Waals surface area contributed by atoms with E-state index in [0.717, 1.165) is 23.7 Å². The van der Waals surface area contributed by atoms with E-state index in [1.54, 1.807) is 30.3 Å². The first kappa shape index (κ1) is 31.0. The van der Waals surface area contributed by atoms with Gasteiger partial charge in [0.05, 0.1) is 17.1 Å². The maximum Gasteiger partial charge on any atom is 0.434 e. The SMILES string of the molecule is C/C(=C\CNNC1=CC=C(Cl)NC1)c1cc(-c2ccc(CN=O)c(S(C)(=O)=O)c2)ccc1-n1cc(C(F)(F)F)nc1C. The number of hydrogen-bond acceptors (Lipinski definition) is 8. The van der Waals surface area contributed by atoms with Crippen molar-refractivity contribution in [3.05, 3.63) is 99.2 Å². The Morgan fingerprint density at radius 3 is 2.52 bits per heavy atom. The van der Waals surface area contributed by atoms with Gasteiger partial charge in [-0.25, -0.2) is 18.8 Å². The van der Waals surface area contributed by atoms with Gasteiger partial charge in [0.25, 0.3) is 0 Å². The number of nitrogens with one attached hydrogen (secondary N) is 3. The standard InChI is InChI=1S/C28H28ClF3N6O3S/c1-17(10-11-34-37-22-7-9-27(29)33-15-22)23-12-19(20-4-5-21(14-35-39)25(13-20)42(3,40)41)6-8-24(23)38-16-26(28(30,31)32)36-18(38)2/h4-10,12-13,16,33-34,37H,11,14-15H2,1-3H3/b17-10+. The number of nitroso groups, excluding NO2 is 1. The maximum atomic E-state index is 13.4. The molecule has 2 heterocycles. The molecule has 0 saturated heterocycles. The fourth-order valence-electron chi connectivity index (χ4n) is 4.41. The highest BCUT2D eigenvalue weighted by Gasteiger charge is 2.34. The average Bonchev–Trinajstić information content (AvgIpc) is 3.33. The van der Waals surface area contributed by atoms with Gasteiger partial charge in [0.1, 0.15) is 17.5 Å². The monoisotopic (exact) mass is 620 g/mol. The van der Waals surface area contributed by atoms with Crippen molar-refractivity contribution in [1.82, 2.24) is 25.7 Å². The van der Waals surface area contributed by atoms with E-state index >= 15 is 0 Å². The smallest absolute Gasteiger partial charge is 0.370 e. The number of benzene rings is 2. The first-order valence-corrected chi connectivity index (χ1v) is 14.9. The van der Waals surface area contributed by atoms with E-state index in [1.165, 1.54) is 23.6 Å². The van der Waals surface area contributed by atoms with E-state index in [2.05, 4.69) is 26.3 Å². The molecular formula is C28H28ClF3N6O3S. The van der Waals surface area contributed by atoms with Crippen LogP contribution in [0.5, 0.6) is 0 Å². The quantitative estimate of drug-likeness (QED) is 0.117. The van der Waals surface area contributed by atoms with Gasteiger partial charge in [-0.2, -0.15) is 18.1 Å². The molecule has 0 aliphatic carbocycles. The summed E-state index contributed by atoms with van der Waals surface area (Å²) in [7, 11) is -3.67. The van der Waals surface area contributed by atoms with Crippen LogP contribution in [0.15, 0.2) is 81.7 Å². The summed E-state index contributed by atoms with van der Waals surface area (Å²) in [5.41, 5.74) is 9.26. The minimum Gasteiger partial charge on any atom is -0.370 e. The van der Waals surface area contributed by atoms with Gasteiger partial charge >= 0.3 is 6.18 Å². The highest BCUT2D eigenvalue weighted by atomic mass is 35.5. The Labute approximate surface area is 246 Å². The fraction of sp³-hybridized carbons (Fsp3) is 0.250. The summed E-state index contributed by atoms with van der Waals surface area (Å²) in [5, 5.41) is 6.35. The van der Waals surface area contributed by atoms with Gasteiger partial charge in [0.15, 0.2) is 15.5 Å². The largest absolute Gasteiger partial charge is 0.434 e. The van der Waals surface area contributed by atoms with Crippen LogP contribution in [0.1, 0.15) is 29.6 Å². The number of halogens is 4. The van der Waals surface area contributed by atoms with Crippen LogP contribution in [-0.2, 0) is 22.6 Å². The zero-order valence-electron chi connectivity index (χ0n) is 22.9. The lowest BCUT2D eigenvalue weighted by Gasteiger charge is -2.17. The summed E-state index contributed by atoms with van der Waals surface area (Å²) in [6.45, 7) is 3.89. The molecule has 4 rings (SSSR count). The summed E-state index contributed by atoms with van der Waals surface area (Å²) < 4.78 is 66.6. The van der Waals surface area contributed by atoms with Crippen LogP contribution >= 0.6 is 11.6 Å². The summed E-state index contributed by atoms with van der Waals surface area (Å²) in [4.78, 5) is 14.5. The van der Waals surface area contributed by atoms with Gasteiger partial charge in [0.2, 0.25) is 0 Å². The van der Waals surface area contributed by atoms with E-state index in [-0.39, 0.29) is 22.8 Å². The van der Waals surface area contributed by atoms with Crippen LogP contribution < -0.4 is 16.2 Å². The lowest BCUT2D eigenvalue weighted by Crippen LogP contribution is -2.36. The average molecular weight is 621 g/mol.